The Morgan fingerprint density at radius 3 is 2.59 bits per heavy atom. The predicted octanol–water partition coefficient (Wildman–Crippen LogP) is -0.475. The maximum absolute atomic E-state index is 11.5. The number of allylic oxidation sites excluding steroid dienone is 1. The summed E-state index contributed by atoms with van der Waals surface area (Å²) >= 11 is 0. The minimum Gasteiger partial charge on any atom is -0.312 e. The minimum atomic E-state index is -3.30. The molecule has 0 bridgehead atoms. The third-order valence-electron chi connectivity index (χ3n) is 2.57. The second-order valence-electron chi connectivity index (χ2n) is 3.65. The maximum Gasteiger partial charge on any atom is 0.250 e. The van der Waals surface area contributed by atoms with Crippen molar-refractivity contribution in [2.75, 3.05) is 5.75 Å². The lowest BCUT2D eigenvalue weighted by Crippen LogP contribution is -2.40. The lowest BCUT2D eigenvalue weighted by molar-refractivity contribution is 0.604. The smallest absolute Gasteiger partial charge is 0.250 e. The van der Waals surface area contributed by atoms with Gasteiger partial charge in [-0.25, -0.2) is 8.42 Å². The van der Waals surface area contributed by atoms with Gasteiger partial charge in [-0.2, -0.15) is 0 Å². The summed E-state index contributed by atoms with van der Waals surface area (Å²) in [5.41, 5.74) is -0.184. The normalized spacial score (nSPS) is 12.7. The molecule has 1 aromatic rings. The second-order valence-corrected chi connectivity index (χ2v) is 5.98. The Labute approximate surface area is 100 Å². The lowest BCUT2D eigenvalue weighted by atomic mass is 10.3. The second kappa shape index (κ2) is 4.71. The quantitative estimate of drug-likeness (QED) is 0.731. The third kappa shape index (κ3) is 2.74. The molecule has 0 N–H and O–H groups in total. The van der Waals surface area contributed by atoms with E-state index in [9.17, 15) is 13.2 Å². The summed E-state index contributed by atoms with van der Waals surface area (Å²) in [5.74, 6) is 0.000569. The van der Waals surface area contributed by atoms with Gasteiger partial charge in [-0.1, -0.05) is 20.1 Å². The fourth-order valence-electron chi connectivity index (χ4n) is 1.28. The molecule has 1 aromatic heterocycles. The summed E-state index contributed by atoms with van der Waals surface area (Å²) in [6, 6.07) is 2.91. The first-order chi connectivity index (χ1) is 7.79. The number of pyridine rings is 1. The van der Waals surface area contributed by atoms with Gasteiger partial charge in [-0.3, -0.25) is 4.79 Å². The summed E-state index contributed by atoms with van der Waals surface area (Å²) in [5, 5.41) is 1.04. The van der Waals surface area contributed by atoms with Crippen LogP contribution in [0.15, 0.2) is 28.4 Å². The number of aromatic nitrogens is 1. The van der Waals surface area contributed by atoms with Crippen molar-refractivity contribution in [3.8, 4) is 0 Å². The molecule has 1 rings (SSSR count). The van der Waals surface area contributed by atoms with Crippen LogP contribution in [0.5, 0.6) is 0 Å². The van der Waals surface area contributed by atoms with Gasteiger partial charge >= 0.3 is 0 Å². The topological polar surface area (TPSA) is 56.1 Å². The van der Waals surface area contributed by atoms with Gasteiger partial charge in [0, 0.05) is 18.5 Å². The summed E-state index contributed by atoms with van der Waals surface area (Å²) in [6.07, 6.45) is 1.43. The molecule has 0 fully saturated rings. The van der Waals surface area contributed by atoms with Gasteiger partial charge < -0.3 is 4.57 Å². The van der Waals surface area contributed by atoms with Crippen LogP contribution in [0.3, 0.4) is 0 Å². The fraction of sp³-hybridized carbons (Fsp3) is 0.250. The van der Waals surface area contributed by atoms with Gasteiger partial charge in [0.1, 0.15) is 0 Å². The van der Waals surface area contributed by atoms with E-state index in [2.05, 4.69) is 13.2 Å². The van der Waals surface area contributed by atoms with Gasteiger partial charge in [0.2, 0.25) is 0 Å². The first-order valence-corrected chi connectivity index (χ1v) is 6.73. The number of hydrogen-bond acceptors (Lipinski definition) is 3. The highest BCUT2D eigenvalue weighted by Gasteiger charge is 2.09. The van der Waals surface area contributed by atoms with E-state index in [4.69, 9.17) is 0 Å². The van der Waals surface area contributed by atoms with Crippen LogP contribution >= 0.6 is 0 Å². The zero-order chi connectivity index (χ0) is 13.2. The maximum atomic E-state index is 11.5. The Morgan fingerprint density at radius 1 is 1.47 bits per heavy atom. The zero-order valence-corrected chi connectivity index (χ0v) is 10.8. The van der Waals surface area contributed by atoms with Crippen molar-refractivity contribution in [2.45, 2.75) is 6.92 Å². The minimum absolute atomic E-state index is 0.000569. The number of sulfone groups is 1. The summed E-state index contributed by atoms with van der Waals surface area (Å²) in [4.78, 5) is 11.3. The molecule has 0 saturated carbocycles. The number of nitrogens with zero attached hydrogens (tertiary/aromatic N) is 1. The summed E-state index contributed by atoms with van der Waals surface area (Å²) in [7, 11) is -1.72. The molecule has 0 spiro atoms. The van der Waals surface area contributed by atoms with E-state index >= 15 is 0 Å². The highest BCUT2D eigenvalue weighted by molar-refractivity contribution is 7.95. The SMILES string of the molecule is C=C(C=c1ccc(=O)n(C)c1=C)S(=O)(=O)CC. The lowest BCUT2D eigenvalue weighted by Gasteiger charge is -2.01. The molecular formula is C12H15NO3S. The first-order valence-electron chi connectivity index (χ1n) is 5.08. The number of hydrogen-bond donors (Lipinski definition) is 0. The third-order valence-corrected chi connectivity index (χ3v) is 4.25. The van der Waals surface area contributed by atoms with Crippen LogP contribution in [-0.4, -0.2) is 18.7 Å². The van der Waals surface area contributed by atoms with Gasteiger partial charge in [0.15, 0.2) is 9.84 Å². The van der Waals surface area contributed by atoms with Crippen LogP contribution in [0.25, 0.3) is 12.7 Å². The highest BCUT2D eigenvalue weighted by Crippen LogP contribution is 2.04. The molecule has 1 heterocycles. The largest absolute Gasteiger partial charge is 0.312 e. The molecule has 0 aliphatic rings. The first kappa shape index (κ1) is 13.4. The van der Waals surface area contributed by atoms with Crippen LogP contribution < -0.4 is 16.1 Å². The van der Waals surface area contributed by atoms with Crippen molar-refractivity contribution in [3.05, 3.63) is 44.5 Å². The molecule has 0 saturated heterocycles. The van der Waals surface area contributed by atoms with Crippen molar-refractivity contribution in [3.63, 3.8) is 0 Å². The van der Waals surface area contributed by atoms with Gasteiger partial charge in [0.05, 0.1) is 10.7 Å². The molecule has 0 aliphatic carbocycles. The van der Waals surface area contributed by atoms with E-state index in [0.29, 0.717) is 10.6 Å². The number of rotatable bonds is 3. The van der Waals surface area contributed by atoms with Crippen molar-refractivity contribution in [1.82, 2.24) is 4.57 Å². The van der Waals surface area contributed by atoms with E-state index in [1.165, 1.54) is 16.7 Å². The standard InChI is InChI=1S/C12H15NO3S/c1-5-17(15,16)9(2)8-11-6-7-12(14)13(4)10(11)3/h6-8H,2-3,5H2,1,4H3. The average Bonchev–Trinajstić information content (AvgIpc) is 2.29. The molecule has 0 amide bonds. The van der Waals surface area contributed by atoms with E-state index in [1.807, 2.05) is 0 Å². The highest BCUT2D eigenvalue weighted by atomic mass is 32.2. The van der Waals surface area contributed by atoms with Crippen LogP contribution in [0.1, 0.15) is 6.92 Å². The Kier molecular flexibility index (Phi) is 3.72. The van der Waals surface area contributed by atoms with Gasteiger partial charge in [-0.15, -0.1) is 0 Å². The van der Waals surface area contributed by atoms with E-state index in [0.717, 1.165) is 0 Å². The molecule has 4 nitrogen and oxygen atoms in total. The van der Waals surface area contributed by atoms with E-state index < -0.39 is 9.84 Å². The van der Waals surface area contributed by atoms with E-state index in [1.54, 1.807) is 20.0 Å². The average molecular weight is 253 g/mol. The molecule has 0 aromatic carbocycles. The predicted molar refractivity (Wildman–Crippen MR) is 69.5 cm³/mol. The van der Waals surface area contributed by atoms with Gasteiger partial charge in [-0.05, 0) is 17.4 Å². The molecule has 92 valence electrons. The van der Waals surface area contributed by atoms with Crippen LogP contribution in [0.2, 0.25) is 0 Å². The monoisotopic (exact) mass is 253 g/mol. The Hall–Kier alpha value is -1.62. The van der Waals surface area contributed by atoms with Crippen LogP contribution in [0.4, 0.5) is 0 Å². The van der Waals surface area contributed by atoms with E-state index in [-0.39, 0.29) is 16.2 Å². The fourth-order valence-corrected chi connectivity index (χ4v) is 1.95. The summed E-state index contributed by atoms with van der Waals surface area (Å²) in [6.45, 7) is 8.82. The van der Waals surface area contributed by atoms with Gasteiger partial charge in [0.25, 0.3) is 5.56 Å². The Morgan fingerprint density at radius 2 is 2.06 bits per heavy atom. The molecular weight excluding hydrogens is 238 g/mol. The van der Waals surface area contributed by atoms with Crippen molar-refractivity contribution >= 4 is 22.5 Å². The molecule has 0 radical (unpaired) electrons. The molecule has 17 heavy (non-hydrogen) atoms. The Balaban J connectivity index is 3.48. The molecule has 0 aliphatic heterocycles. The Bertz CT molecular complexity index is 711. The summed E-state index contributed by atoms with van der Waals surface area (Å²) < 4.78 is 24.5. The zero-order valence-electron chi connectivity index (χ0n) is 9.93. The molecule has 0 atom stereocenters. The van der Waals surface area contributed by atoms with Crippen LogP contribution in [-0.2, 0) is 16.9 Å². The molecule has 0 unspecified atom stereocenters. The van der Waals surface area contributed by atoms with Crippen molar-refractivity contribution in [1.29, 1.82) is 0 Å². The van der Waals surface area contributed by atoms with Crippen molar-refractivity contribution in [2.24, 2.45) is 7.05 Å². The van der Waals surface area contributed by atoms with Crippen LogP contribution in [0, 0.1) is 0 Å². The van der Waals surface area contributed by atoms with Crippen molar-refractivity contribution < 1.29 is 8.42 Å². The molecule has 5 heteroatoms.